The van der Waals surface area contributed by atoms with Crippen LogP contribution in [0.1, 0.15) is 24.5 Å². The van der Waals surface area contributed by atoms with Crippen molar-refractivity contribution in [1.29, 1.82) is 0 Å². The van der Waals surface area contributed by atoms with Gasteiger partial charge in [0.15, 0.2) is 0 Å². The van der Waals surface area contributed by atoms with Gasteiger partial charge in [0.25, 0.3) is 0 Å². The van der Waals surface area contributed by atoms with Crippen molar-refractivity contribution in [2.24, 2.45) is 5.92 Å². The molecule has 0 spiro atoms. The molecule has 7 nitrogen and oxygen atoms in total. The number of hydrogen-bond donors (Lipinski definition) is 3. The molecule has 0 amide bonds. The molecule has 1 aromatic rings. The third kappa shape index (κ3) is 3.61. The van der Waals surface area contributed by atoms with Gasteiger partial charge in [-0.15, -0.1) is 0 Å². The number of hydrazine groups is 1. The summed E-state index contributed by atoms with van der Waals surface area (Å²) < 4.78 is 5.44. The predicted octanol–water partition coefficient (Wildman–Crippen LogP) is 0.113. The van der Waals surface area contributed by atoms with E-state index in [4.69, 9.17) is 10.5 Å². The molecule has 0 bridgehead atoms. The molecular formula is C14H24N6O. The molecule has 2 aliphatic rings. The molecular weight excluding hydrogens is 268 g/mol. The van der Waals surface area contributed by atoms with E-state index in [0.717, 1.165) is 57.2 Å². The Morgan fingerprint density at radius 3 is 2.90 bits per heavy atom. The third-order valence-corrected chi connectivity index (χ3v) is 4.27. The molecule has 2 saturated heterocycles. The Hall–Kier alpha value is -1.44. The van der Waals surface area contributed by atoms with Crippen LogP contribution < -0.4 is 21.5 Å². The van der Waals surface area contributed by atoms with Gasteiger partial charge in [-0.3, -0.25) is 10.9 Å². The molecule has 7 heteroatoms. The van der Waals surface area contributed by atoms with Gasteiger partial charge in [0.1, 0.15) is 5.82 Å². The molecule has 0 saturated carbocycles. The zero-order valence-electron chi connectivity index (χ0n) is 12.5. The normalized spacial score (nSPS) is 22.8. The second kappa shape index (κ2) is 6.55. The molecule has 4 N–H and O–H groups in total. The fourth-order valence-corrected chi connectivity index (χ4v) is 2.84. The van der Waals surface area contributed by atoms with Gasteiger partial charge in [0.2, 0.25) is 5.95 Å². The largest absolute Gasteiger partial charge is 0.381 e. The average molecular weight is 292 g/mol. The van der Waals surface area contributed by atoms with Gasteiger partial charge in [-0.2, -0.15) is 4.98 Å². The Kier molecular flexibility index (Phi) is 4.52. The van der Waals surface area contributed by atoms with E-state index >= 15 is 0 Å². The maximum atomic E-state index is 5.87. The first-order valence-corrected chi connectivity index (χ1v) is 7.61. The summed E-state index contributed by atoms with van der Waals surface area (Å²) >= 11 is 0. The molecule has 0 aliphatic carbocycles. The van der Waals surface area contributed by atoms with Gasteiger partial charge < -0.3 is 15.4 Å². The fraction of sp³-hybridized carbons (Fsp3) is 0.714. The van der Waals surface area contributed by atoms with Crippen molar-refractivity contribution in [3.63, 3.8) is 0 Å². The zero-order valence-corrected chi connectivity index (χ0v) is 12.5. The van der Waals surface area contributed by atoms with E-state index in [2.05, 4.69) is 38.8 Å². The standard InChI is InChI=1S/C14H24N6O/c1-20(4-2-10-7-16-17-8-10)13-6-12(18-14(15)19-13)11-3-5-21-9-11/h6,10-11,16-17H,2-5,7-9H2,1H3,(H2,15,18,19). The minimum Gasteiger partial charge on any atom is -0.381 e. The molecule has 2 aliphatic heterocycles. The van der Waals surface area contributed by atoms with Crippen molar-refractivity contribution in [1.82, 2.24) is 20.8 Å². The lowest BCUT2D eigenvalue weighted by Gasteiger charge is -2.21. The first kappa shape index (κ1) is 14.5. The van der Waals surface area contributed by atoms with Crippen molar-refractivity contribution in [3.8, 4) is 0 Å². The van der Waals surface area contributed by atoms with Crippen LogP contribution in [0.4, 0.5) is 11.8 Å². The summed E-state index contributed by atoms with van der Waals surface area (Å²) in [4.78, 5) is 10.9. The van der Waals surface area contributed by atoms with Crippen LogP contribution in [0.25, 0.3) is 0 Å². The van der Waals surface area contributed by atoms with Crippen molar-refractivity contribution >= 4 is 11.8 Å². The van der Waals surface area contributed by atoms with Crippen LogP contribution in [0.2, 0.25) is 0 Å². The number of hydrogen-bond acceptors (Lipinski definition) is 7. The van der Waals surface area contributed by atoms with Crippen LogP contribution in [0, 0.1) is 5.92 Å². The van der Waals surface area contributed by atoms with Crippen LogP contribution in [0.3, 0.4) is 0 Å². The van der Waals surface area contributed by atoms with Crippen molar-refractivity contribution < 1.29 is 4.74 Å². The van der Waals surface area contributed by atoms with E-state index in [1.54, 1.807) is 0 Å². The topological polar surface area (TPSA) is 88.3 Å². The number of nitrogen functional groups attached to an aromatic ring is 1. The minimum absolute atomic E-state index is 0.352. The van der Waals surface area contributed by atoms with Crippen molar-refractivity contribution in [2.75, 3.05) is 50.5 Å². The number of nitrogens with zero attached hydrogens (tertiary/aromatic N) is 3. The van der Waals surface area contributed by atoms with Gasteiger partial charge >= 0.3 is 0 Å². The monoisotopic (exact) mass is 292 g/mol. The first-order valence-electron chi connectivity index (χ1n) is 7.61. The number of rotatable bonds is 5. The lowest BCUT2D eigenvalue weighted by Crippen LogP contribution is -2.24. The lowest BCUT2D eigenvalue weighted by molar-refractivity contribution is 0.193. The summed E-state index contributed by atoms with van der Waals surface area (Å²) in [6, 6.07) is 2.06. The lowest BCUT2D eigenvalue weighted by atomic mass is 10.0. The van der Waals surface area contributed by atoms with Crippen LogP contribution in [-0.4, -0.2) is 49.9 Å². The summed E-state index contributed by atoms with van der Waals surface area (Å²) in [7, 11) is 2.06. The fourth-order valence-electron chi connectivity index (χ4n) is 2.84. The highest BCUT2D eigenvalue weighted by Crippen LogP contribution is 2.26. The molecule has 0 aromatic carbocycles. The van der Waals surface area contributed by atoms with Gasteiger partial charge in [-0.05, 0) is 18.8 Å². The Morgan fingerprint density at radius 1 is 1.38 bits per heavy atom. The van der Waals surface area contributed by atoms with E-state index < -0.39 is 0 Å². The Labute approximate surface area is 125 Å². The van der Waals surface area contributed by atoms with Crippen LogP contribution in [-0.2, 0) is 4.74 Å². The molecule has 1 unspecified atom stereocenters. The summed E-state index contributed by atoms with van der Waals surface area (Å²) in [5.74, 6) is 2.29. The van der Waals surface area contributed by atoms with Crippen LogP contribution in [0.5, 0.6) is 0 Å². The molecule has 2 fully saturated rings. The number of ether oxygens (including phenoxy) is 1. The Balaban J connectivity index is 1.65. The highest BCUT2D eigenvalue weighted by molar-refractivity contribution is 5.43. The van der Waals surface area contributed by atoms with Crippen molar-refractivity contribution in [3.05, 3.63) is 11.8 Å². The summed E-state index contributed by atoms with van der Waals surface area (Å²) in [6.45, 7) is 4.57. The van der Waals surface area contributed by atoms with Gasteiger partial charge in [0, 0.05) is 45.3 Å². The Bertz CT molecular complexity index is 471. The van der Waals surface area contributed by atoms with E-state index in [1.165, 1.54) is 0 Å². The van der Waals surface area contributed by atoms with E-state index in [1.807, 2.05) is 0 Å². The number of anilines is 2. The van der Waals surface area contributed by atoms with Crippen LogP contribution in [0.15, 0.2) is 6.07 Å². The average Bonchev–Trinajstić information content (AvgIpc) is 3.17. The molecule has 3 rings (SSSR count). The van der Waals surface area contributed by atoms with E-state index in [-0.39, 0.29) is 0 Å². The Morgan fingerprint density at radius 2 is 2.19 bits per heavy atom. The third-order valence-electron chi connectivity index (χ3n) is 4.27. The smallest absolute Gasteiger partial charge is 0.222 e. The quantitative estimate of drug-likeness (QED) is 0.710. The second-order valence-electron chi connectivity index (χ2n) is 5.91. The summed E-state index contributed by atoms with van der Waals surface area (Å²) in [5, 5.41) is 0. The number of nitrogens with one attached hydrogen (secondary N) is 2. The van der Waals surface area contributed by atoms with Gasteiger partial charge in [0.05, 0.1) is 12.3 Å². The zero-order chi connectivity index (χ0) is 14.7. The van der Waals surface area contributed by atoms with E-state index in [0.29, 0.717) is 17.8 Å². The van der Waals surface area contributed by atoms with Crippen molar-refractivity contribution in [2.45, 2.75) is 18.8 Å². The maximum absolute atomic E-state index is 5.87. The molecule has 1 aromatic heterocycles. The first-order chi connectivity index (χ1) is 10.2. The van der Waals surface area contributed by atoms with E-state index in [9.17, 15) is 0 Å². The highest BCUT2D eigenvalue weighted by Gasteiger charge is 2.21. The van der Waals surface area contributed by atoms with Gasteiger partial charge in [-0.25, -0.2) is 4.98 Å². The van der Waals surface area contributed by atoms with Crippen LogP contribution >= 0.6 is 0 Å². The number of nitrogens with two attached hydrogens (primary N) is 1. The summed E-state index contributed by atoms with van der Waals surface area (Å²) in [5.41, 5.74) is 13.2. The predicted molar refractivity (Wildman–Crippen MR) is 82.0 cm³/mol. The SMILES string of the molecule is CN(CCC1CNNC1)c1cc(C2CCOC2)nc(N)n1. The molecule has 116 valence electrons. The molecule has 21 heavy (non-hydrogen) atoms. The molecule has 1 atom stereocenters. The number of aromatic nitrogens is 2. The van der Waals surface area contributed by atoms with Gasteiger partial charge in [-0.1, -0.05) is 0 Å². The second-order valence-corrected chi connectivity index (χ2v) is 5.91. The highest BCUT2D eigenvalue weighted by atomic mass is 16.5. The molecule has 0 radical (unpaired) electrons. The minimum atomic E-state index is 0.352. The maximum Gasteiger partial charge on any atom is 0.222 e. The summed E-state index contributed by atoms with van der Waals surface area (Å²) in [6.07, 6.45) is 2.14. The molecule has 3 heterocycles.